The highest BCUT2D eigenvalue weighted by atomic mass is 16.5. The normalized spacial score (nSPS) is 17.9. The lowest BCUT2D eigenvalue weighted by Gasteiger charge is -2.25. The number of rotatable bonds is 5. The van der Waals surface area contributed by atoms with Gasteiger partial charge in [-0.25, -0.2) is 0 Å². The van der Waals surface area contributed by atoms with E-state index in [4.69, 9.17) is 4.74 Å². The van der Waals surface area contributed by atoms with Gasteiger partial charge < -0.3 is 10.1 Å². The molecular weight excluding hydrogens is 142 g/mol. The molecule has 1 rings (SSSR count). The van der Waals surface area contributed by atoms with E-state index >= 15 is 0 Å². The number of nitrogens with one attached hydrogen (secondary N) is 1. The van der Waals surface area contributed by atoms with Gasteiger partial charge in [0, 0.05) is 25.6 Å². The van der Waals surface area contributed by atoms with Gasteiger partial charge in [-0.1, -0.05) is 6.92 Å². The summed E-state index contributed by atoms with van der Waals surface area (Å²) in [6, 6.07) is 0. The van der Waals surface area contributed by atoms with Crippen molar-refractivity contribution in [3.05, 3.63) is 0 Å². The minimum Gasteiger partial charge on any atom is -0.374 e. The summed E-state index contributed by atoms with van der Waals surface area (Å²) in [5.41, 5.74) is 0. The number of ether oxygens (including phenoxy) is 1. The van der Waals surface area contributed by atoms with E-state index < -0.39 is 0 Å². The Morgan fingerprint density at radius 2 is 2.36 bits per heavy atom. The lowest BCUT2D eigenvalue weighted by molar-refractivity contribution is -0.128. The van der Waals surface area contributed by atoms with Gasteiger partial charge in [-0.15, -0.1) is 0 Å². The molecule has 0 amide bonds. The molecule has 1 N–H and O–H groups in total. The molecule has 0 aromatic heterocycles. The van der Waals surface area contributed by atoms with E-state index in [1.54, 1.807) is 0 Å². The van der Waals surface area contributed by atoms with Gasteiger partial charge in [-0.3, -0.25) is 4.79 Å². The van der Waals surface area contributed by atoms with Crippen molar-refractivity contribution < 1.29 is 9.53 Å². The Kier molecular flexibility index (Phi) is 3.52. The molecule has 0 atom stereocenters. The molecule has 0 saturated carbocycles. The van der Waals surface area contributed by atoms with Crippen LogP contribution in [0.1, 0.15) is 13.3 Å². The van der Waals surface area contributed by atoms with E-state index in [-0.39, 0.29) is 11.7 Å². The summed E-state index contributed by atoms with van der Waals surface area (Å²) >= 11 is 0. The first-order chi connectivity index (χ1) is 5.34. The van der Waals surface area contributed by atoms with Crippen molar-refractivity contribution in [1.29, 1.82) is 0 Å². The number of hydrogen-bond acceptors (Lipinski definition) is 3. The second kappa shape index (κ2) is 4.46. The topological polar surface area (TPSA) is 38.3 Å². The Hall–Kier alpha value is -0.410. The molecule has 1 fully saturated rings. The maximum atomic E-state index is 11.1. The standard InChI is InChI=1S/C8H15NO2/c1-2-3-11-6-8(10)7-4-9-5-7/h7,9H,2-6H2,1H3. The molecule has 1 heterocycles. The third-order valence-electron chi connectivity index (χ3n) is 1.83. The van der Waals surface area contributed by atoms with Crippen LogP contribution in [-0.2, 0) is 9.53 Å². The molecule has 1 aliphatic rings. The Bertz CT molecular complexity index is 132. The van der Waals surface area contributed by atoms with E-state index in [9.17, 15) is 4.79 Å². The van der Waals surface area contributed by atoms with Gasteiger partial charge in [0.15, 0.2) is 5.78 Å². The van der Waals surface area contributed by atoms with Gasteiger partial charge in [0.2, 0.25) is 0 Å². The lowest BCUT2D eigenvalue weighted by atomic mass is 9.99. The van der Waals surface area contributed by atoms with E-state index in [0.29, 0.717) is 13.2 Å². The molecule has 3 nitrogen and oxygen atoms in total. The zero-order chi connectivity index (χ0) is 8.10. The Morgan fingerprint density at radius 1 is 1.64 bits per heavy atom. The van der Waals surface area contributed by atoms with Crippen LogP contribution in [0, 0.1) is 5.92 Å². The summed E-state index contributed by atoms with van der Waals surface area (Å²) in [4.78, 5) is 11.1. The lowest BCUT2D eigenvalue weighted by Crippen LogP contribution is -2.47. The molecule has 0 bridgehead atoms. The quantitative estimate of drug-likeness (QED) is 0.579. The zero-order valence-corrected chi connectivity index (χ0v) is 6.93. The number of carbonyl (C=O) groups is 1. The largest absolute Gasteiger partial charge is 0.374 e. The average Bonchev–Trinajstić information content (AvgIpc) is 1.84. The van der Waals surface area contributed by atoms with Crippen LogP contribution in [0.4, 0.5) is 0 Å². The molecule has 0 aliphatic carbocycles. The maximum Gasteiger partial charge on any atom is 0.164 e. The minimum atomic E-state index is 0.229. The smallest absolute Gasteiger partial charge is 0.164 e. The Morgan fingerprint density at radius 3 is 2.82 bits per heavy atom. The molecule has 3 heteroatoms. The van der Waals surface area contributed by atoms with Crippen LogP contribution in [0.15, 0.2) is 0 Å². The fraction of sp³-hybridized carbons (Fsp3) is 0.875. The first kappa shape index (κ1) is 8.68. The number of hydrogen-bond donors (Lipinski definition) is 1. The highest BCUT2D eigenvalue weighted by Crippen LogP contribution is 2.04. The highest BCUT2D eigenvalue weighted by Gasteiger charge is 2.24. The molecule has 0 aromatic carbocycles. The van der Waals surface area contributed by atoms with E-state index in [0.717, 1.165) is 19.5 Å². The molecule has 0 unspecified atom stereocenters. The minimum absolute atomic E-state index is 0.229. The van der Waals surface area contributed by atoms with Crippen molar-refractivity contribution in [2.45, 2.75) is 13.3 Å². The summed E-state index contributed by atoms with van der Waals surface area (Å²) in [5.74, 6) is 0.476. The first-order valence-corrected chi connectivity index (χ1v) is 4.15. The van der Waals surface area contributed by atoms with Crippen LogP contribution in [0.2, 0.25) is 0 Å². The highest BCUT2D eigenvalue weighted by molar-refractivity contribution is 5.83. The SMILES string of the molecule is CCCOCC(=O)C1CNC1. The van der Waals surface area contributed by atoms with Gasteiger partial charge in [0.25, 0.3) is 0 Å². The predicted molar refractivity (Wildman–Crippen MR) is 42.5 cm³/mol. The number of ketones is 1. The van der Waals surface area contributed by atoms with Gasteiger partial charge in [-0.2, -0.15) is 0 Å². The molecule has 0 aromatic rings. The van der Waals surface area contributed by atoms with Crippen molar-refractivity contribution >= 4 is 5.78 Å². The molecule has 0 radical (unpaired) electrons. The second-order valence-corrected chi connectivity index (χ2v) is 2.87. The number of Topliss-reactive ketones (excluding diaryl/α,β-unsaturated/α-hetero) is 1. The first-order valence-electron chi connectivity index (χ1n) is 4.15. The van der Waals surface area contributed by atoms with E-state index in [2.05, 4.69) is 5.32 Å². The average molecular weight is 157 g/mol. The molecule has 0 spiro atoms. The van der Waals surface area contributed by atoms with Gasteiger partial charge >= 0.3 is 0 Å². The van der Waals surface area contributed by atoms with Crippen LogP contribution in [0.5, 0.6) is 0 Å². The van der Waals surface area contributed by atoms with Crippen molar-refractivity contribution in [1.82, 2.24) is 5.32 Å². The summed E-state index contributed by atoms with van der Waals surface area (Å²) < 4.78 is 5.12. The Balaban J connectivity index is 2.01. The monoisotopic (exact) mass is 157 g/mol. The van der Waals surface area contributed by atoms with Gasteiger partial charge in [0.1, 0.15) is 6.61 Å². The molecule has 1 saturated heterocycles. The summed E-state index contributed by atoms with van der Waals surface area (Å²) in [6.07, 6.45) is 0.982. The van der Waals surface area contributed by atoms with Crippen LogP contribution < -0.4 is 5.32 Å². The molecule has 1 aliphatic heterocycles. The van der Waals surface area contributed by atoms with Crippen molar-refractivity contribution in [2.75, 3.05) is 26.3 Å². The molecular formula is C8H15NO2. The third kappa shape index (κ3) is 2.60. The zero-order valence-electron chi connectivity index (χ0n) is 6.93. The van der Waals surface area contributed by atoms with E-state index in [1.165, 1.54) is 0 Å². The number of carbonyl (C=O) groups excluding carboxylic acids is 1. The van der Waals surface area contributed by atoms with Gasteiger partial charge in [-0.05, 0) is 6.42 Å². The fourth-order valence-electron chi connectivity index (χ4n) is 0.951. The summed E-state index contributed by atoms with van der Waals surface area (Å²) in [6.45, 7) is 4.73. The fourth-order valence-corrected chi connectivity index (χ4v) is 0.951. The second-order valence-electron chi connectivity index (χ2n) is 2.87. The van der Waals surface area contributed by atoms with Crippen molar-refractivity contribution in [3.8, 4) is 0 Å². The van der Waals surface area contributed by atoms with Crippen molar-refractivity contribution in [3.63, 3.8) is 0 Å². The Labute approximate surface area is 67.1 Å². The van der Waals surface area contributed by atoms with Crippen LogP contribution in [0.3, 0.4) is 0 Å². The molecule has 11 heavy (non-hydrogen) atoms. The van der Waals surface area contributed by atoms with Crippen LogP contribution >= 0.6 is 0 Å². The van der Waals surface area contributed by atoms with Crippen LogP contribution in [0.25, 0.3) is 0 Å². The molecule has 64 valence electrons. The summed E-state index contributed by atoms with van der Waals surface area (Å²) in [7, 11) is 0. The van der Waals surface area contributed by atoms with Crippen molar-refractivity contribution in [2.24, 2.45) is 5.92 Å². The van der Waals surface area contributed by atoms with Gasteiger partial charge in [0.05, 0.1) is 0 Å². The summed E-state index contributed by atoms with van der Waals surface area (Å²) in [5, 5.41) is 3.06. The maximum absolute atomic E-state index is 11.1. The third-order valence-corrected chi connectivity index (χ3v) is 1.83. The van der Waals surface area contributed by atoms with E-state index in [1.807, 2.05) is 6.92 Å². The predicted octanol–water partition coefficient (Wildman–Crippen LogP) is 0.201. The van der Waals surface area contributed by atoms with Crippen LogP contribution in [-0.4, -0.2) is 32.1 Å².